The Morgan fingerprint density at radius 2 is 0.900 bits per heavy atom. The molecule has 10 heterocycles. The zero-order valence-corrected chi connectivity index (χ0v) is 74.8. The fourth-order valence-corrected chi connectivity index (χ4v) is 19.4. The van der Waals surface area contributed by atoms with Gasteiger partial charge in [-0.05, 0) is 124 Å². The van der Waals surface area contributed by atoms with Crippen LogP contribution >= 0.6 is 31.0 Å². The van der Waals surface area contributed by atoms with E-state index in [4.69, 9.17) is 41.7 Å². The van der Waals surface area contributed by atoms with Crippen LogP contribution in [0.5, 0.6) is 5.75 Å². The molecule has 4 N–H and O–H groups in total. The first kappa shape index (κ1) is 96.9. The summed E-state index contributed by atoms with van der Waals surface area (Å²) in [5, 5.41) is 9.51. The molecule has 688 valence electrons. The maximum Gasteiger partial charge on any atom is 0.488 e. The van der Waals surface area contributed by atoms with Crippen molar-refractivity contribution in [2.75, 3.05) is 109 Å². The van der Waals surface area contributed by atoms with Crippen LogP contribution in [0.3, 0.4) is 0 Å². The number of hydrogen-bond donors (Lipinski definition) is 4. The Morgan fingerprint density at radius 3 is 1.28 bits per heavy atom. The Kier molecular flexibility index (Phi) is 30.0. The predicted molar refractivity (Wildman–Crippen MR) is 465 cm³/mol. The summed E-state index contributed by atoms with van der Waals surface area (Å²) < 4.78 is 129. The number of ether oxygens (including phenoxy) is 5. The molecule has 0 bridgehead atoms. The van der Waals surface area contributed by atoms with Crippen molar-refractivity contribution >= 4 is 138 Å². The lowest BCUT2D eigenvalue weighted by molar-refractivity contribution is -0.134. The van der Waals surface area contributed by atoms with Gasteiger partial charge in [0.1, 0.15) is 86.1 Å². The van der Waals surface area contributed by atoms with Crippen molar-refractivity contribution in [2.24, 2.45) is 10.3 Å². The van der Waals surface area contributed by atoms with Crippen molar-refractivity contribution in [3.8, 4) is 28.0 Å². The second-order valence-electron chi connectivity index (χ2n) is 29.9. The predicted octanol–water partition coefficient (Wildman–Crippen LogP) is 12.7. The lowest BCUT2D eigenvalue weighted by Gasteiger charge is -2.34. The summed E-state index contributed by atoms with van der Waals surface area (Å²) in [6.45, 7) is 39.7. The molecule has 14 rings (SSSR count). The Bertz CT molecular complexity index is 5870. The van der Waals surface area contributed by atoms with E-state index < -0.39 is 127 Å². The van der Waals surface area contributed by atoms with E-state index in [1.165, 1.54) is 78.2 Å². The van der Waals surface area contributed by atoms with Crippen molar-refractivity contribution in [3.05, 3.63) is 199 Å². The molecule has 6 aromatic rings. The van der Waals surface area contributed by atoms with Gasteiger partial charge in [-0.15, -0.1) is 9.97 Å². The molecule has 4 aromatic carbocycles. The quantitative estimate of drug-likeness (QED) is 0.0223. The first-order valence-electron chi connectivity index (χ1n) is 39.2. The third-order valence-corrected chi connectivity index (χ3v) is 26.7. The summed E-state index contributed by atoms with van der Waals surface area (Å²) in [5.41, 5.74) is 7.21. The number of fused-ring (bicyclic) bond motifs is 6. The number of halogens is 2. The molecule has 0 spiro atoms. The largest absolute Gasteiger partial charge is 0.489 e. The van der Waals surface area contributed by atoms with Gasteiger partial charge >= 0.3 is 79.2 Å². The standard InChI is InChI=1S/C22H21N4O7P.C22H21N4O6P.C19H25FN5O6P.C18H22FN4O7P/c1-13(2)25(34(29,30)33-14(3)27)11-20-18-12-31-19-9-15(16-6-8-21(23-4)24-10-16)5-7-17(19)26(18)22(28)32-20;1-13(2)25(33(29,30)32-14(3)27)12-20-19-10-17-9-15(16-6-8-21(23-4)24-11-16)5-7-18(17)26(19)22(28)31-20;1-13(2)25(32(28,29)31-14(3)26)11-16-10-24(19(27)30-16)15-5-6-18(17(20)9-15)23-8-7-22(4)21-12-23;1-12(2)23(31(26,27)30-13(3)24)10-15-9-22(18(25)29-15)14-4-5-17(16(19)8-14)21-6-7-28-20-11-21/h5-10,18,20H,1,11-12H2,2-3H3,(H,29,30);5-9,11,19-20H,1,10,12H2,2-3H3,(H,29,30);5-6,9,12,16H,1,7-8,10-11H2,2-4H3,(H,28,29);4-5,8,11,15H,1,6-7,9-10H2,2-3H3,(H,26,27)/t18?,20-;19-,20-;16-;15-/m0011/s1. The van der Waals surface area contributed by atoms with E-state index in [2.05, 4.69) is 74.3 Å². The molecule has 4 saturated heterocycles. The Morgan fingerprint density at radius 1 is 0.500 bits per heavy atom. The van der Waals surface area contributed by atoms with Gasteiger partial charge in [0, 0.05) is 75.2 Å². The smallest absolute Gasteiger partial charge is 0.488 e. The summed E-state index contributed by atoms with van der Waals surface area (Å²) in [4.78, 5) is 164. The molecule has 43 nitrogen and oxygen atoms in total. The van der Waals surface area contributed by atoms with Crippen LogP contribution in [-0.4, -0.2) is 230 Å². The second kappa shape index (κ2) is 40.3. The summed E-state index contributed by atoms with van der Waals surface area (Å²) in [6.07, 6.45) is 0.631. The van der Waals surface area contributed by atoms with E-state index in [0.717, 1.165) is 74.2 Å². The minimum Gasteiger partial charge on any atom is -0.489 e. The van der Waals surface area contributed by atoms with Crippen LogP contribution in [0.15, 0.2) is 169 Å². The van der Waals surface area contributed by atoms with Gasteiger partial charge < -0.3 is 66.1 Å². The monoisotopic (exact) mass is 1880 g/mol. The summed E-state index contributed by atoms with van der Waals surface area (Å²) in [6, 6.07) is 25.4. The van der Waals surface area contributed by atoms with Gasteiger partial charge in [0.15, 0.2) is 0 Å². The third kappa shape index (κ3) is 22.8. The van der Waals surface area contributed by atoms with Gasteiger partial charge in [-0.25, -0.2) is 46.2 Å². The Balaban J connectivity index is 0.000000168. The number of likely N-dealkylation sites (N-methyl/N-ethyl adjacent to an activating group) is 1. The van der Waals surface area contributed by atoms with Crippen LogP contribution in [0.2, 0.25) is 0 Å². The normalized spacial score (nSPS) is 20.1. The molecule has 8 aliphatic rings. The second-order valence-corrected chi connectivity index (χ2v) is 36.5. The third-order valence-electron chi connectivity index (χ3n) is 20.2. The van der Waals surface area contributed by atoms with Gasteiger partial charge in [0.25, 0.3) is 11.6 Å². The van der Waals surface area contributed by atoms with E-state index in [1.54, 1.807) is 81.8 Å². The van der Waals surface area contributed by atoms with Crippen molar-refractivity contribution < 1.29 is 132 Å². The van der Waals surface area contributed by atoms with Gasteiger partial charge in [0.2, 0.25) is 0 Å². The summed E-state index contributed by atoms with van der Waals surface area (Å²) in [7, 11) is -16.3. The SMILES string of the molecule is C=C(C)N(C[C@H]1CN(c2ccc(N3C=NN(C)CC3)c(F)c2)C(=O)O1)P(=O)(O)OC(C)=O.C=C(C)N(C[C@H]1CN(c2ccc(N3C=NOCC3)c(F)c2)C(=O)O1)P(=O)(O)OC(C)=O.[C-]#[N+]c1ccc(-c2ccc3c(c2)C[C@H]2[C@H](CN(C(=C)C)P(=O)(O)OC(C)=O)OC(=O)N32)cn1.[C-]#[N+]c1ccc(-c2ccc3c(c2)OCC2[C@H](CN(C(=C)C)P(=O)(O)OC(C)=O)OC(=O)N32)cn1. The number of cyclic esters (lactones) is 4. The molecular formula is C81H89F2N17O26P4. The topological polar surface area (TPSA) is 473 Å². The number of hydrogen-bond acceptors (Lipinski definition) is 29. The van der Waals surface area contributed by atoms with Crippen LogP contribution in [0.4, 0.5) is 73.7 Å². The zero-order chi connectivity index (χ0) is 94.9. The molecule has 5 unspecified atom stereocenters. The maximum atomic E-state index is 14.8. The Hall–Kier alpha value is -13.8. The fourth-order valence-electron chi connectivity index (χ4n) is 14.4. The number of anilines is 6. The van der Waals surface area contributed by atoms with Crippen molar-refractivity contribution in [1.29, 1.82) is 0 Å². The number of pyridine rings is 2. The summed E-state index contributed by atoms with van der Waals surface area (Å²) >= 11 is 0. The van der Waals surface area contributed by atoms with Crippen molar-refractivity contribution in [3.63, 3.8) is 0 Å². The van der Waals surface area contributed by atoms with Gasteiger partial charge in [-0.2, -0.15) is 5.10 Å². The molecule has 0 saturated carbocycles. The molecular weight excluding hydrogens is 1790 g/mol. The first-order chi connectivity index (χ1) is 61.3. The molecule has 130 heavy (non-hydrogen) atoms. The summed E-state index contributed by atoms with van der Waals surface area (Å²) in [5.74, 6) is -3.75. The number of carbonyl (C=O) groups excluding carboxylic acids is 8. The Labute approximate surface area is 743 Å². The number of oxime groups is 1. The number of carbonyl (C=O) groups is 8. The average Bonchev–Trinajstić information content (AvgIpc) is 1.58. The minimum absolute atomic E-state index is 0.00254. The van der Waals surface area contributed by atoms with Crippen LogP contribution in [0.1, 0.15) is 61.0 Å². The molecule has 4 fully saturated rings. The van der Waals surface area contributed by atoms with Crippen molar-refractivity contribution in [1.82, 2.24) is 33.7 Å². The van der Waals surface area contributed by atoms with Crippen LogP contribution in [0, 0.1) is 24.8 Å². The van der Waals surface area contributed by atoms with Gasteiger partial charge in [-0.1, -0.05) is 68.9 Å². The van der Waals surface area contributed by atoms with E-state index in [-0.39, 0.29) is 91.5 Å². The molecule has 49 heteroatoms. The molecule has 0 radical (unpaired) electrons. The van der Waals surface area contributed by atoms with Crippen LogP contribution < -0.4 is 34.1 Å². The van der Waals surface area contributed by atoms with Crippen LogP contribution in [-0.2, 0) is 85.7 Å². The molecule has 10 atom stereocenters. The molecule has 0 aliphatic carbocycles. The number of benzene rings is 4. The van der Waals surface area contributed by atoms with Crippen LogP contribution in [0.25, 0.3) is 31.9 Å². The molecule has 8 aliphatic heterocycles. The zero-order valence-electron chi connectivity index (χ0n) is 71.2. The molecule has 2 aromatic heterocycles. The number of nitrogens with zero attached hydrogens (tertiary/aromatic N) is 17. The van der Waals surface area contributed by atoms with E-state index in [9.17, 15) is 85.0 Å². The maximum absolute atomic E-state index is 14.8. The van der Waals surface area contributed by atoms with E-state index in [0.29, 0.717) is 61.3 Å². The highest BCUT2D eigenvalue weighted by Crippen LogP contribution is 2.54. The van der Waals surface area contributed by atoms with Crippen molar-refractivity contribution in [2.45, 2.75) is 98.3 Å². The first-order valence-corrected chi connectivity index (χ1v) is 45.3. The highest BCUT2D eigenvalue weighted by Gasteiger charge is 2.52. The lowest BCUT2D eigenvalue weighted by Crippen LogP contribution is -2.47. The van der Waals surface area contributed by atoms with Gasteiger partial charge in [0.05, 0.1) is 92.5 Å². The van der Waals surface area contributed by atoms with E-state index in [1.807, 2.05) is 31.3 Å². The number of allylic oxidation sites excluding steroid dienone is 4. The van der Waals surface area contributed by atoms with E-state index >= 15 is 0 Å². The average molecular weight is 1880 g/mol. The van der Waals surface area contributed by atoms with Gasteiger partial charge in [-0.3, -0.25) is 82.0 Å². The number of amides is 4. The highest BCUT2D eigenvalue weighted by atomic mass is 31.2. The lowest BCUT2D eigenvalue weighted by atomic mass is 10.0. The number of hydrazone groups is 1. The molecule has 4 amide bonds. The minimum atomic E-state index is -4.54. The number of rotatable bonds is 26. The fraction of sp³-hybridized carbons (Fsp3) is 0.333. The number of aromatic nitrogens is 2. The highest BCUT2D eigenvalue weighted by molar-refractivity contribution is 7.51.